The van der Waals surface area contributed by atoms with Crippen molar-refractivity contribution in [1.29, 1.82) is 0 Å². The third-order valence-electron chi connectivity index (χ3n) is 4.12. The summed E-state index contributed by atoms with van der Waals surface area (Å²) in [5, 5.41) is 20.0. The molecule has 0 spiro atoms. The van der Waals surface area contributed by atoms with Gasteiger partial charge in [-0.25, -0.2) is 0 Å². The highest BCUT2D eigenvalue weighted by Crippen LogP contribution is 2.13. The minimum absolute atomic E-state index is 0.105. The summed E-state index contributed by atoms with van der Waals surface area (Å²) in [6, 6.07) is 11.5. The van der Waals surface area contributed by atoms with Crippen molar-refractivity contribution in [2.45, 2.75) is 33.4 Å². The first-order valence-corrected chi connectivity index (χ1v) is 8.57. The minimum Gasteiger partial charge on any atom is -0.481 e. The van der Waals surface area contributed by atoms with Gasteiger partial charge in [0.25, 0.3) is 5.91 Å². The van der Waals surface area contributed by atoms with E-state index in [0.717, 1.165) is 11.3 Å². The number of nitrogens with one attached hydrogen (secondary N) is 1. The minimum atomic E-state index is -0.942. The number of carbonyl (C=O) groups is 2. The number of anilines is 1. The zero-order valence-corrected chi connectivity index (χ0v) is 15.2. The van der Waals surface area contributed by atoms with Gasteiger partial charge in [-0.05, 0) is 25.5 Å². The second-order valence-electron chi connectivity index (χ2n) is 6.36. The van der Waals surface area contributed by atoms with Crippen molar-refractivity contribution >= 4 is 17.7 Å². The Balaban J connectivity index is 1.70. The van der Waals surface area contributed by atoms with Crippen molar-refractivity contribution in [3.63, 3.8) is 0 Å². The highest BCUT2D eigenvalue weighted by molar-refractivity contribution is 6.02. The lowest BCUT2D eigenvalue weighted by molar-refractivity contribution is -0.137. The number of aliphatic carboxylic acids is 1. The molecule has 0 fully saturated rings. The van der Waals surface area contributed by atoms with Crippen LogP contribution in [-0.4, -0.2) is 36.5 Å². The lowest BCUT2D eigenvalue weighted by Gasteiger charge is -2.06. The Morgan fingerprint density at radius 1 is 1.15 bits per heavy atom. The van der Waals surface area contributed by atoms with Gasteiger partial charge in [-0.15, -0.1) is 0 Å². The Morgan fingerprint density at radius 3 is 2.70 bits per heavy atom. The highest BCUT2D eigenvalue weighted by Gasteiger charge is 2.15. The Labute approximate surface area is 156 Å². The topological polar surface area (TPSA) is 102 Å². The maximum absolute atomic E-state index is 12.5. The number of hydrogen-bond donors (Lipinski definition) is 2. The van der Waals surface area contributed by atoms with Crippen LogP contribution in [0.25, 0.3) is 0 Å². The van der Waals surface area contributed by atoms with Crippen molar-refractivity contribution in [3.8, 4) is 0 Å². The third kappa shape index (κ3) is 4.60. The molecule has 0 unspecified atom stereocenters. The number of aromatic nitrogens is 4. The van der Waals surface area contributed by atoms with Crippen molar-refractivity contribution in [3.05, 3.63) is 65.1 Å². The van der Waals surface area contributed by atoms with E-state index in [0.29, 0.717) is 18.1 Å². The molecule has 2 N–H and O–H groups in total. The normalized spacial score (nSPS) is 10.7. The van der Waals surface area contributed by atoms with Crippen molar-refractivity contribution < 1.29 is 14.7 Å². The molecular weight excluding hydrogens is 346 g/mol. The van der Waals surface area contributed by atoms with E-state index in [-0.39, 0.29) is 18.9 Å². The Hall–Kier alpha value is -3.42. The average Bonchev–Trinajstić information content (AvgIpc) is 3.20. The average molecular weight is 367 g/mol. The van der Waals surface area contributed by atoms with E-state index in [1.807, 2.05) is 36.7 Å². The van der Waals surface area contributed by atoms with Crippen molar-refractivity contribution in [2.24, 2.45) is 0 Å². The fraction of sp³-hybridized carbons (Fsp3) is 0.263. The molecule has 0 atom stereocenters. The van der Waals surface area contributed by atoms with Crippen LogP contribution in [0, 0.1) is 13.8 Å². The van der Waals surface area contributed by atoms with E-state index in [1.165, 1.54) is 16.4 Å². The number of hydrogen-bond acceptors (Lipinski definition) is 4. The predicted octanol–water partition coefficient (Wildman–Crippen LogP) is 2.47. The first-order chi connectivity index (χ1) is 12.9. The molecule has 1 amide bonds. The van der Waals surface area contributed by atoms with Gasteiger partial charge < -0.3 is 10.4 Å². The summed E-state index contributed by atoms with van der Waals surface area (Å²) in [5.74, 6) is -0.878. The summed E-state index contributed by atoms with van der Waals surface area (Å²) in [6.07, 6.45) is 1.37. The zero-order valence-electron chi connectivity index (χ0n) is 15.2. The van der Waals surface area contributed by atoms with Gasteiger partial charge in [0.1, 0.15) is 5.69 Å². The fourth-order valence-electron chi connectivity index (χ4n) is 2.80. The largest absolute Gasteiger partial charge is 0.481 e. The Morgan fingerprint density at radius 2 is 1.96 bits per heavy atom. The molecule has 0 radical (unpaired) electrons. The van der Waals surface area contributed by atoms with Crippen molar-refractivity contribution in [1.82, 2.24) is 19.6 Å². The molecule has 0 saturated heterocycles. The number of aryl methyl sites for hydroxylation is 3. The number of carbonyl (C=O) groups excluding carboxylic acids is 1. The number of rotatable bonds is 7. The maximum Gasteiger partial charge on any atom is 0.305 e. The van der Waals surface area contributed by atoms with Crippen LogP contribution >= 0.6 is 0 Å². The zero-order chi connectivity index (χ0) is 19.4. The molecule has 27 heavy (non-hydrogen) atoms. The molecule has 0 bridgehead atoms. The van der Waals surface area contributed by atoms with Gasteiger partial charge in [0.15, 0.2) is 5.82 Å². The molecule has 0 aliphatic carbocycles. The highest BCUT2D eigenvalue weighted by atomic mass is 16.4. The third-order valence-corrected chi connectivity index (χ3v) is 4.12. The second kappa shape index (κ2) is 7.86. The number of nitrogens with zero attached hydrogens (tertiary/aromatic N) is 4. The molecule has 1 aromatic carbocycles. The second-order valence-corrected chi connectivity index (χ2v) is 6.36. The van der Waals surface area contributed by atoms with Gasteiger partial charge in [-0.3, -0.25) is 19.0 Å². The number of carboxylic acids is 1. The molecule has 8 heteroatoms. The fourth-order valence-corrected chi connectivity index (χ4v) is 2.80. The molecule has 8 nitrogen and oxygen atoms in total. The molecule has 0 aliphatic heterocycles. The van der Waals surface area contributed by atoms with Crippen LogP contribution < -0.4 is 5.32 Å². The molecular formula is C19H21N5O3. The molecule has 0 saturated carbocycles. The standard InChI is InChI=1S/C19H21N5O3/c1-13-4-3-5-15(10-13)12-24-14(2)11-17(22-24)21-19(27)16-6-8-20-23(16)9-7-18(25)26/h3-6,8,10-11H,7,9,12H2,1-2H3,(H,25,26)(H,21,22,27). The number of carboxylic acid groups (broad SMARTS) is 1. The maximum atomic E-state index is 12.5. The number of amides is 1. The van der Waals surface area contributed by atoms with Crippen LogP contribution in [0.1, 0.15) is 33.7 Å². The molecule has 3 aromatic rings. The molecule has 3 rings (SSSR count). The van der Waals surface area contributed by atoms with Crippen LogP contribution in [0.2, 0.25) is 0 Å². The summed E-state index contributed by atoms with van der Waals surface area (Å²) in [4.78, 5) is 23.2. The monoisotopic (exact) mass is 367 g/mol. The molecule has 2 heterocycles. The van der Waals surface area contributed by atoms with Gasteiger partial charge >= 0.3 is 5.97 Å². The van der Waals surface area contributed by atoms with Crippen LogP contribution in [0.4, 0.5) is 5.82 Å². The lowest BCUT2D eigenvalue weighted by Crippen LogP contribution is -2.19. The summed E-state index contributed by atoms with van der Waals surface area (Å²) in [5.41, 5.74) is 3.53. The van der Waals surface area contributed by atoms with Gasteiger partial charge in [0, 0.05) is 18.0 Å². The van der Waals surface area contributed by atoms with E-state index in [2.05, 4.69) is 21.6 Å². The Bertz CT molecular complexity index is 973. The van der Waals surface area contributed by atoms with Gasteiger partial charge in [-0.1, -0.05) is 29.8 Å². The molecule has 2 aromatic heterocycles. The SMILES string of the molecule is Cc1cccc(Cn2nc(NC(=O)c3ccnn3CCC(=O)O)cc2C)c1. The van der Waals surface area contributed by atoms with Crippen LogP contribution in [0.5, 0.6) is 0 Å². The van der Waals surface area contributed by atoms with Gasteiger partial charge in [0.2, 0.25) is 0 Å². The summed E-state index contributed by atoms with van der Waals surface area (Å²) in [7, 11) is 0. The van der Waals surface area contributed by atoms with Gasteiger partial charge in [-0.2, -0.15) is 10.2 Å². The van der Waals surface area contributed by atoms with Gasteiger partial charge in [0.05, 0.1) is 19.5 Å². The van der Waals surface area contributed by atoms with Crippen LogP contribution in [0.3, 0.4) is 0 Å². The van der Waals surface area contributed by atoms with E-state index in [4.69, 9.17) is 5.11 Å². The van der Waals surface area contributed by atoms with E-state index in [1.54, 1.807) is 12.1 Å². The van der Waals surface area contributed by atoms with E-state index < -0.39 is 5.97 Å². The Kier molecular flexibility index (Phi) is 5.35. The summed E-state index contributed by atoms with van der Waals surface area (Å²) < 4.78 is 3.20. The number of benzene rings is 1. The lowest BCUT2D eigenvalue weighted by atomic mass is 10.1. The van der Waals surface area contributed by atoms with Crippen molar-refractivity contribution in [2.75, 3.05) is 5.32 Å². The summed E-state index contributed by atoms with van der Waals surface area (Å²) >= 11 is 0. The van der Waals surface area contributed by atoms with E-state index >= 15 is 0 Å². The summed E-state index contributed by atoms with van der Waals surface area (Å²) in [6.45, 7) is 4.71. The first-order valence-electron chi connectivity index (χ1n) is 8.57. The molecule has 0 aliphatic rings. The van der Waals surface area contributed by atoms with Crippen LogP contribution in [-0.2, 0) is 17.9 Å². The quantitative estimate of drug-likeness (QED) is 0.668. The smallest absolute Gasteiger partial charge is 0.305 e. The van der Waals surface area contributed by atoms with E-state index in [9.17, 15) is 9.59 Å². The molecule has 140 valence electrons. The first kappa shape index (κ1) is 18.4. The van der Waals surface area contributed by atoms with Crippen LogP contribution in [0.15, 0.2) is 42.6 Å². The predicted molar refractivity (Wildman–Crippen MR) is 99.7 cm³/mol.